The molecule has 1 aliphatic rings. The summed E-state index contributed by atoms with van der Waals surface area (Å²) in [4.78, 5) is 2.41. The van der Waals surface area contributed by atoms with E-state index in [4.69, 9.17) is 0 Å². The zero-order valence-electron chi connectivity index (χ0n) is 8.52. The summed E-state index contributed by atoms with van der Waals surface area (Å²) >= 11 is 0. The van der Waals surface area contributed by atoms with Crippen molar-refractivity contribution in [2.75, 3.05) is 13.1 Å². The average molecular weight is 187 g/mol. The van der Waals surface area contributed by atoms with Crippen LogP contribution in [-0.4, -0.2) is 18.0 Å². The Bertz CT molecular complexity index is 283. The normalized spacial score (nSPS) is 17.6. The molecule has 1 heterocycles. The van der Waals surface area contributed by atoms with Gasteiger partial charge >= 0.3 is 0 Å². The molecule has 0 aliphatic carbocycles. The summed E-state index contributed by atoms with van der Waals surface area (Å²) in [6.07, 6.45) is 8.52. The zero-order valence-corrected chi connectivity index (χ0v) is 8.52. The van der Waals surface area contributed by atoms with Crippen molar-refractivity contribution in [3.63, 3.8) is 0 Å². The highest BCUT2D eigenvalue weighted by Gasteiger charge is 2.04. The highest BCUT2D eigenvalue weighted by Crippen LogP contribution is 2.10. The molecule has 2 rings (SSSR count). The molecular formula is C13H17N. The summed E-state index contributed by atoms with van der Waals surface area (Å²) < 4.78 is 0. The molecule has 0 bridgehead atoms. The first-order valence-electron chi connectivity index (χ1n) is 5.42. The summed E-state index contributed by atoms with van der Waals surface area (Å²) in [7, 11) is 0. The summed E-state index contributed by atoms with van der Waals surface area (Å²) in [5.74, 6) is 0. The van der Waals surface area contributed by atoms with Crippen molar-refractivity contribution in [1.29, 1.82) is 0 Å². The van der Waals surface area contributed by atoms with E-state index in [2.05, 4.69) is 47.5 Å². The summed E-state index contributed by atoms with van der Waals surface area (Å²) in [6.45, 7) is 2.45. The number of nitrogens with zero attached hydrogens (tertiary/aromatic N) is 1. The van der Waals surface area contributed by atoms with Crippen LogP contribution < -0.4 is 0 Å². The quantitative estimate of drug-likeness (QED) is 0.687. The molecular weight excluding hydrogens is 170 g/mol. The largest absolute Gasteiger partial charge is 0.377 e. The van der Waals surface area contributed by atoms with Crippen molar-refractivity contribution in [1.82, 2.24) is 4.90 Å². The van der Waals surface area contributed by atoms with Gasteiger partial charge in [0.15, 0.2) is 0 Å². The maximum atomic E-state index is 2.41. The van der Waals surface area contributed by atoms with Crippen LogP contribution in [0.4, 0.5) is 0 Å². The molecule has 0 N–H and O–H groups in total. The molecule has 1 fully saturated rings. The van der Waals surface area contributed by atoms with Crippen LogP contribution in [0, 0.1) is 0 Å². The Morgan fingerprint density at radius 1 is 0.929 bits per heavy atom. The minimum absolute atomic E-state index is 1.23. The lowest BCUT2D eigenvalue weighted by Gasteiger charge is -2.24. The third kappa shape index (κ3) is 2.63. The van der Waals surface area contributed by atoms with Gasteiger partial charge in [-0.3, -0.25) is 0 Å². The smallest absolute Gasteiger partial charge is 0.0172 e. The lowest BCUT2D eigenvalue weighted by molar-refractivity contribution is 0.311. The van der Waals surface area contributed by atoms with Crippen LogP contribution in [0.25, 0.3) is 6.08 Å². The van der Waals surface area contributed by atoms with Crippen molar-refractivity contribution in [2.45, 2.75) is 19.3 Å². The number of rotatable bonds is 2. The van der Waals surface area contributed by atoms with Gasteiger partial charge in [-0.15, -0.1) is 0 Å². The van der Waals surface area contributed by atoms with E-state index in [9.17, 15) is 0 Å². The Hall–Kier alpha value is -1.24. The van der Waals surface area contributed by atoms with Gasteiger partial charge in [0.05, 0.1) is 0 Å². The topological polar surface area (TPSA) is 3.24 Å². The number of hydrogen-bond donors (Lipinski definition) is 0. The lowest BCUT2D eigenvalue weighted by atomic mass is 10.1. The first kappa shape index (κ1) is 9.32. The molecule has 74 valence electrons. The van der Waals surface area contributed by atoms with Crippen LogP contribution in [0.15, 0.2) is 36.5 Å². The first-order chi connectivity index (χ1) is 6.95. The predicted molar refractivity (Wildman–Crippen MR) is 60.9 cm³/mol. The SMILES string of the molecule is C(=C\N1CCCCC1)/c1ccccc1. The predicted octanol–water partition coefficient (Wildman–Crippen LogP) is 3.14. The molecule has 0 aromatic heterocycles. The second kappa shape index (κ2) is 4.85. The minimum Gasteiger partial charge on any atom is -0.377 e. The Morgan fingerprint density at radius 2 is 1.64 bits per heavy atom. The molecule has 1 nitrogen and oxygen atoms in total. The summed E-state index contributed by atoms with van der Waals surface area (Å²) in [5.41, 5.74) is 1.29. The molecule has 1 aromatic carbocycles. The van der Waals surface area contributed by atoms with Gasteiger partial charge < -0.3 is 4.90 Å². The lowest BCUT2D eigenvalue weighted by Crippen LogP contribution is -2.23. The van der Waals surface area contributed by atoms with Gasteiger partial charge in [-0.2, -0.15) is 0 Å². The molecule has 1 aliphatic heterocycles. The fourth-order valence-electron chi connectivity index (χ4n) is 1.82. The number of benzene rings is 1. The molecule has 0 atom stereocenters. The monoisotopic (exact) mass is 187 g/mol. The molecule has 1 aromatic rings. The second-order valence-electron chi connectivity index (χ2n) is 3.82. The first-order valence-corrected chi connectivity index (χ1v) is 5.42. The Morgan fingerprint density at radius 3 is 2.36 bits per heavy atom. The van der Waals surface area contributed by atoms with E-state index in [1.54, 1.807) is 0 Å². The van der Waals surface area contributed by atoms with Gasteiger partial charge in [0.25, 0.3) is 0 Å². The minimum atomic E-state index is 1.23. The Kier molecular flexibility index (Phi) is 3.23. The van der Waals surface area contributed by atoms with Crippen molar-refractivity contribution in [3.05, 3.63) is 42.1 Å². The van der Waals surface area contributed by atoms with E-state index >= 15 is 0 Å². The van der Waals surface area contributed by atoms with E-state index in [-0.39, 0.29) is 0 Å². The Balaban J connectivity index is 1.93. The number of piperidine rings is 1. The van der Waals surface area contributed by atoms with Crippen LogP contribution in [0.5, 0.6) is 0 Å². The van der Waals surface area contributed by atoms with Crippen LogP contribution in [0.3, 0.4) is 0 Å². The molecule has 0 amide bonds. The van der Waals surface area contributed by atoms with Crippen LogP contribution in [-0.2, 0) is 0 Å². The van der Waals surface area contributed by atoms with E-state index in [1.165, 1.54) is 37.9 Å². The number of hydrogen-bond acceptors (Lipinski definition) is 1. The third-order valence-corrected chi connectivity index (χ3v) is 2.67. The fraction of sp³-hybridized carbons (Fsp3) is 0.385. The molecule has 0 saturated carbocycles. The maximum absolute atomic E-state index is 2.41. The van der Waals surface area contributed by atoms with Crippen LogP contribution >= 0.6 is 0 Å². The van der Waals surface area contributed by atoms with Gasteiger partial charge in [-0.1, -0.05) is 30.3 Å². The second-order valence-corrected chi connectivity index (χ2v) is 3.82. The van der Waals surface area contributed by atoms with E-state index in [0.717, 1.165) is 0 Å². The maximum Gasteiger partial charge on any atom is 0.0172 e. The molecule has 1 heteroatoms. The van der Waals surface area contributed by atoms with E-state index in [0.29, 0.717) is 0 Å². The van der Waals surface area contributed by atoms with Crippen LogP contribution in [0.2, 0.25) is 0 Å². The highest BCUT2D eigenvalue weighted by molar-refractivity contribution is 5.48. The molecule has 0 spiro atoms. The van der Waals surface area contributed by atoms with Crippen molar-refractivity contribution < 1.29 is 0 Å². The standard InChI is InChI=1S/C13H17N/c1-3-7-13(8-4-1)9-12-14-10-5-2-6-11-14/h1,3-4,7-9,12H,2,5-6,10-11H2/b12-9+. The molecule has 1 saturated heterocycles. The molecule has 0 unspecified atom stereocenters. The highest BCUT2D eigenvalue weighted by atomic mass is 15.1. The summed E-state index contributed by atoms with van der Waals surface area (Å²) in [6, 6.07) is 10.5. The van der Waals surface area contributed by atoms with Crippen molar-refractivity contribution >= 4 is 6.08 Å². The van der Waals surface area contributed by atoms with E-state index < -0.39 is 0 Å². The van der Waals surface area contributed by atoms with Gasteiger partial charge in [0.1, 0.15) is 0 Å². The van der Waals surface area contributed by atoms with Crippen molar-refractivity contribution in [3.8, 4) is 0 Å². The van der Waals surface area contributed by atoms with Crippen LogP contribution in [0.1, 0.15) is 24.8 Å². The van der Waals surface area contributed by atoms with Gasteiger partial charge in [-0.25, -0.2) is 0 Å². The van der Waals surface area contributed by atoms with Crippen molar-refractivity contribution in [2.24, 2.45) is 0 Å². The molecule has 14 heavy (non-hydrogen) atoms. The van der Waals surface area contributed by atoms with Gasteiger partial charge in [0.2, 0.25) is 0 Å². The third-order valence-electron chi connectivity index (χ3n) is 2.67. The van der Waals surface area contributed by atoms with E-state index in [1.807, 2.05) is 0 Å². The van der Waals surface area contributed by atoms with Gasteiger partial charge in [-0.05, 0) is 37.1 Å². The zero-order chi connectivity index (χ0) is 9.64. The summed E-state index contributed by atoms with van der Waals surface area (Å²) in [5, 5.41) is 0. The average Bonchev–Trinajstić information content (AvgIpc) is 2.29. The Labute approximate surface area is 86.1 Å². The number of likely N-dealkylation sites (tertiary alicyclic amines) is 1. The molecule has 0 radical (unpaired) electrons. The van der Waals surface area contributed by atoms with Gasteiger partial charge in [0, 0.05) is 13.1 Å². The fourth-order valence-corrected chi connectivity index (χ4v) is 1.82.